The number of carbonyl (C=O) groups is 1. The zero-order valence-corrected chi connectivity index (χ0v) is 16.0. The van der Waals surface area contributed by atoms with Crippen molar-refractivity contribution < 1.29 is 4.79 Å². The van der Waals surface area contributed by atoms with Gasteiger partial charge in [-0.15, -0.1) is 11.3 Å². The third-order valence-corrected chi connectivity index (χ3v) is 6.26. The van der Waals surface area contributed by atoms with Crippen LogP contribution in [0.5, 0.6) is 0 Å². The van der Waals surface area contributed by atoms with Crippen LogP contribution in [0.4, 0.5) is 0 Å². The maximum Gasteiger partial charge on any atom is 0.226 e. The minimum absolute atomic E-state index is 0.0371. The number of aromatic nitrogens is 2. The zero-order chi connectivity index (χ0) is 18.5. The molecule has 0 saturated heterocycles. The molecule has 1 fully saturated rings. The molecule has 1 aromatic carbocycles. The van der Waals surface area contributed by atoms with Gasteiger partial charge in [-0.3, -0.25) is 9.78 Å². The van der Waals surface area contributed by atoms with E-state index in [0.29, 0.717) is 13.0 Å². The van der Waals surface area contributed by atoms with Crippen molar-refractivity contribution in [2.24, 2.45) is 0 Å². The van der Waals surface area contributed by atoms with Crippen LogP contribution >= 0.6 is 11.3 Å². The van der Waals surface area contributed by atoms with Crippen LogP contribution < -0.4 is 5.32 Å². The van der Waals surface area contributed by atoms with Crippen LogP contribution in [0, 0.1) is 0 Å². The summed E-state index contributed by atoms with van der Waals surface area (Å²) >= 11 is 1.53. The Kier molecular flexibility index (Phi) is 5.30. The highest BCUT2D eigenvalue weighted by Crippen LogP contribution is 2.40. The minimum Gasteiger partial charge on any atom is -0.355 e. The lowest BCUT2D eigenvalue weighted by Crippen LogP contribution is -2.39. The number of benzene rings is 1. The van der Waals surface area contributed by atoms with Gasteiger partial charge in [0.1, 0.15) is 5.01 Å². The Morgan fingerprint density at radius 2 is 1.85 bits per heavy atom. The Morgan fingerprint density at radius 1 is 1.07 bits per heavy atom. The van der Waals surface area contributed by atoms with Gasteiger partial charge in [-0.2, -0.15) is 0 Å². The molecular weight excluding hydrogens is 354 g/mol. The summed E-state index contributed by atoms with van der Waals surface area (Å²) in [4.78, 5) is 21.4. The van der Waals surface area contributed by atoms with Crippen molar-refractivity contribution in [1.82, 2.24) is 15.3 Å². The van der Waals surface area contributed by atoms with E-state index in [4.69, 9.17) is 0 Å². The number of hydrogen-bond acceptors (Lipinski definition) is 4. The SMILES string of the molecule is O=C(Cc1csc(-c2ccccn2)n1)NCC1(c2ccccc2)CCCC1. The molecule has 1 saturated carbocycles. The Bertz CT molecular complexity index is 886. The van der Waals surface area contributed by atoms with Crippen LogP contribution in [0.25, 0.3) is 10.7 Å². The molecule has 1 aliphatic rings. The molecule has 1 N–H and O–H groups in total. The summed E-state index contributed by atoms with van der Waals surface area (Å²) in [5.41, 5.74) is 3.08. The van der Waals surface area contributed by atoms with Gasteiger partial charge >= 0.3 is 0 Å². The summed E-state index contributed by atoms with van der Waals surface area (Å²) < 4.78 is 0. The van der Waals surface area contributed by atoms with Gasteiger partial charge < -0.3 is 5.32 Å². The van der Waals surface area contributed by atoms with Crippen molar-refractivity contribution in [3.8, 4) is 10.7 Å². The molecule has 1 amide bonds. The van der Waals surface area contributed by atoms with Crippen molar-refractivity contribution in [3.05, 3.63) is 71.4 Å². The monoisotopic (exact) mass is 377 g/mol. The van der Waals surface area contributed by atoms with Crippen LogP contribution in [0.2, 0.25) is 0 Å². The molecule has 1 aliphatic carbocycles. The number of nitrogens with one attached hydrogen (secondary N) is 1. The molecule has 2 heterocycles. The van der Waals surface area contributed by atoms with E-state index >= 15 is 0 Å². The fourth-order valence-corrected chi connectivity index (χ4v) is 4.70. The van der Waals surface area contributed by atoms with Crippen molar-refractivity contribution >= 4 is 17.2 Å². The zero-order valence-electron chi connectivity index (χ0n) is 15.2. The average Bonchev–Trinajstić information content (AvgIpc) is 3.38. The highest BCUT2D eigenvalue weighted by molar-refractivity contribution is 7.13. The Morgan fingerprint density at radius 3 is 2.59 bits per heavy atom. The van der Waals surface area contributed by atoms with Gasteiger partial charge in [-0.05, 0) is 30.5 Å². The number of hydrogen-bond donors (Lipinski definition) is 1. The van der Waals surface area contributed by atoms with Crippen LogP contribution in [-0.4, -0.2) is 22.4 Å². The highest BCUT2D eigenvalue weighted by atomic mass is 32.1. The normalized spacial score (nSPS) is 15.6. The van der Waals surface area contributed by atoms with E-state index in [0.717, 1.165) is 29.2 Å². The third-order valence-electron chi connectivity index (χ3n) is 5.35. The number of nitrogens with zero attached hydrogens (tertiary/aromatic N) is 2. The smallest absolute Gasteiger partial charge is 0.226 e. The molecule has 4 nitrogen and oxygen atoms in total. The summed E-state index contributed by atoms with van der Waals surface area (Å²) in [5.74, 6) is 0.0371. The number of thiazole rings is 1. The average molecular weight is 378 g/mol. The number of carbonyl (C=O) groups excluding carboxylic acids is 1. The number of rotatable bonds is 6. The molecule has 0 aliphatic heterocycles. The van der Waals surface area contributed by atoms with Crippen LogP contribution in [0.3, 0.4) is 0 Å². The van der Waals surface area contributed by atoms with E-state index in [1.807, 2.05) is 29.6 Å². The molecule has 4 rings (SSSR count). The van der Waals surface area contributed by atoms with E-state index in [2.05, 4.69) is 39.6 Å². The second-order valence-corrected chi connectivity index (χ2v) is 8.02. The molecule has 0 atom stereocenters. The minimum atomic E-state index is 0.0371. The van der Waals surface area contributed by atoms with E-state index in [9.17, 15) is 4.79 Å². The van der Waals surface area contributed by atoms with Crippen molar-refractivity contribution in [2.45, 2.75) is 37.5 Å². The summed E-state index contributed by atoms with van der Waals surface area (Å²) in [5, 5.41) is 5.98. The molecule has 0 bridgehead atoms. The van der Waals surface area contributed by atoms with Gasteiger partial charge in [0, 0.05) is 23.5 Å². The summed E-state index contributed by atoms with van der Waals surface area (Å²) in [7, 11) is 0. The molecule has 27 heavy (non-hydrogen) atoms. The van der Waals surface area contributed by atoms with Crippen molar-refractivity contribution in [3.63, 3.8) is 0 Å². The van der Waals surface area contributed by atoms with Gasteiger partial charge in [0.05, 0.1) is 17.8 Å². The third kappa shape index (κ3) is 4.08. The second kappa shape index (κ2) is 8.01. The fraction of sp³-hybridized carbons (Fsp3) is 0.318. The van der Waals surface area contributed by atoms with Crippen LogP contribution in [0.1, 0.15) is 36.9 Å². The second-order valence-electron chi connectivity index (χ2n) is 7.17. The van der Waals surface area contributed by atoms with Crippen molar-refractivity contribution in [2.75, 3.05) is 6.54 Å². The maximum atomic E-state index is 12.5. The first kappa shape index (κ1) is 17.9. The largest absolute Gasteiger partial charge is 0.355 e. The lowest BCUT2D eigenvalue weighted by atomic mass is 9.79. The van der Waals surface area contributed by atoms with E-state index in [1.165, 1.54) is 29.7 Å². The fourth-order valence-electron chi connectivity index (χ4n) is 3.90. The number of pyridine rings is 1. The molecule has 0 spiro atoms. The standard InChI is InChI=1S/C22H23N3OS/c26-20(14-18-15-27-21(25-18)19-10-4-7-13-23-19)24-16-22(11-5-6-12-22)17-8-2-1-3-9-17/h1-4,7-10,13,15H,5-6,11-12,14,16H2,(H,24,26). The lowest BCUT2D eigenvalue weighted by Gasteiger charge is -2.30. The Labute approximate surface area is 163 Å². The highest BCUT2D eigenvalue weighted by Gasteiger charge is 2.35. The van der Waals surface area contributed by atoms with E-state index in [-0.39, 0.29) is 11.3 Å². The van der Waals surface area contributed by atoms with Gasteiger partial charge in [0.2, 0.25) is 5.91 Å². The molecule has 138 valence electrons. The van der Waals surface area contributed by atoms with Crippen LogP contribution in [-0.2, 0) is 16.6 Å². The van der Waals surface area contributed by atoms with E-state index in [1.54, 1.807) is 6.20 Å². The first-order chi connectivity index (χ1) is 13.3. The summed E-state index contributed by atoms with van der Waals surface area (Å²) in [6, 6.07) is 16.4. The first-order valence-corrected chi connectivity index (χ1v) is 10.3. The Balaban J connectivity index is 1.39. The molecule has 0 radical (unpaired) electrons. The molecule has 3 aromatic rings. The molecule has 5 heteroatoms. The Hall–Kier alpha value is -2.53. The van der Waals surface area contributed by atoms with Crippen LogP contribution in [0.15, 0.2) is 60.1 Å². The predicted octanol–water partition coefficient (Wildman–Crippen LogP) is 4.38. The maximum absolute atomic E-state index is 12.5. The van der Waals surface area contributed by atoms with Gasteiger partial charge in [-0.25, -0.2) is 4.98 Å². The molecular formula is C22H23N3OS. The predicted molar refractivity (Wildman–Crippen MR) is 109 cm³/mol. The molecule has 2 aromatic heterocycles. The summed E-state index contributed by atoms with van der Waals surface area (Å²) in [6.45, 7) is 0.701. The topological polar surface area (TPSA) is 54.9 Å². The van der Waals surface area contributed by atoms with Gasteiger partial charge in [-0.1, -0.05) is 49.2 Å². The first-order valence-electron chi connectivity index (χ1n) is 9.43. The quantitative estimate of drug-likeness (QED) is 0.694. The number of amides is 1. The van der Waals surface area contributed by atoms with Crippen molar-refractivity contribution in [1.29, 1.82) is 0 Å². The lowest BCUT2D eigenvalue weighted by molar-refractivity contribution is -0.120. The van der Waals surface area contributed by atoms with Gasteiger partial charge in [0.15, 0.2) is 0 Å². The summed E-state index contributed by atoms with van der Waals surface area (Å²) in [6.07, 6.45) is 6.80. The van der Waals surface area contributed by atoms with Gasteiger partial charge in [0.25, 0.3) is 0 Å². The van der Waals surface area contributed by atoms with E-state index < -0.39 is 0 Å². The molecule has 0 unspecified atom stereocenters.